The Labute approximate surface area is 129 Å². The topological polar surface area (TPSA) is 23.6 Å². The molecule has 0 saturated heterocycles. The van der Waals surface area contributed by atoms with Gasteiger partial charge in [-0.15, -0.1) is 0 Å². The minimum absolute atomic E-state index is 0.0118. The molecule has 3 heteroatoms. The minimum atomic E-state index is 0.0118. The molecule has 0 fully saturated rings. The van der Waals surface area contributed by atoms with E-state index in [4.69, 9.17) is 0 Å². The molecule has 0 spiro atoms. The SMILES string of the molecule is Cc1ccc(/C=C\C(=O)C(CN(C)C)CN(C)C)cc1C. The maximum atomic E-state index is 12.4. The largest absolute Gasteiger partial charge is 0.309 e. The summed E-state index contributed by atoms with van der Waals surface area (Å²) in [7, 11) is 8.01. The first-order valence-corrected chi connectivity index (χ1v) is 7.38. The first-order valence-electron chi connectivity index (χ1n) is 7.38. The molecule has 1 rings (SSSR count). The van der Waals surface area contributed by atoms with Crippen LogP contribution in [0.25, 0.3) is 6.08 Å². The van der Waals surface area contributed by atoms with Gasteiger partial charge in [0.2, 0.25) is 0 Å². The van der Waals surface area contributed by atoms with Gasteiger partial charge in [0.1, 0.15) is 0 Å². The first kappa shape index (κ1) is 17.6. The molecule has 1 aromatic rings. The van der Waals surface area contributed by atoms with E-state index in [0.717, 1.165) is 18.7 Å². The maximum Gasteiger partial charge on any atom is 0.161 e. The molecule has 0 atom stereocenters. The smallest absolute Gasteiger partial charge is 0.161 e. The molecule has 0 radical (unpaired) electrons. The van der Waals surface area contributed by atoms with Gasteiger partial charge in [-0.25, -0.2) is 0 Å². The second kappa shape index (κ2) is 8.11. The second-order valence-corrected chi connectivity index (χ2v) is 6.30. The van der Waals surface area contributed by atoms with Crippen LogP contribution in [0.2, 0.25) is 0 Å². The van der Waals surface area contributed by atoms with Crippen molar-refractivity contribution >= 4 is 11.9 Å². The Balaban J connectivity index is 2.79. The lowest BCUT2D eigenvalue weighted by molar-refractivity contribution is -0.119. The van der Waals surface area contributed by atoms with Gasteiger partial charge in [-0.05, 0) is 64.8 Å². The van der Waals surface area contributed by atoms with Crippen LogP contribution in [0.3, 0.4) is 0 Å². The van der Waals surface area contributed by atoms with E-state index in [9.17, 15) is 4.79 Å². The van der Waals surface area contributed by atoms with Crippen molar-refractivity contribution in [2.24, 2.45) is 5.92 Å². The number of carbonyl (C=O) groups is 1. The second-order valence-electron chi connectivity index (χ2n) is 6.30. The van der Waals surface area contributed by atoms with Gasteiger partial charge >= 0.3 is 0 Å². The zero-order chi connectivity index (χ0) is 16.0. The monoisotopic (exact) mass is 288 g/mol. The molecule has 0 aromatic heterocycles. The third-order valence-corrected chi connectivity index (χ3v) is 3.54. The van der Waals surface area contributed by atoms with E-state index in [1.807, 2.05) is 34.3 Å². The number of aryl methyl sites for hydroxylation is 2. The summed E-state index contributed by atoms with van der Waals surface area (Å²) >= 11 is 0. The predicted octanol–water partition coefficient (Wildman–Crippen LogP) is 2.63. The van der Waals surface area contributed by atoms with E-state index < -0.39 is 0 Å². The van der Waals surface area contributed by atoms with Crippen molar-refractivity contribution in [1.82, 2.24) is 9.80 Å². The Morgan fingerprint density at radius 1 is 1.05 bits per heavy atom. The third-order valence-electron chi connectivity index (χ3n) is 3.54. The average Bonchev–Trinajstić information content (AvgIpc) is 2.38. The number of hydrogen-bond acceptors (Lipinski definition) is 3. The lowest BCUT2D eigenvalue weighted by atomic mass is 10.0. The lowest BCUT2D eigenvalue weighted by Gasteiger charge is -2.22. The van der Waals surface area contributed by atoms with Gasteiger partial charge in [0.25, 0.3) is 0 Å². The molecule has 0 aliphatic heterocycles. The highest BCUT2D eigenvalue weighted by molar-refractivity contribution is 5.95. The molecule has 0 heterocycles. The van der Waals surface area contributed by atoms with Gasteiger partial charge in [0.05, 0.1) is 0 Å². The van der Waals surface area contributed by atoms with Gasteiger partial charge < -0.3 is 9.80 Å². The van der Waals surface area contributed by atoms with Gasteiger partial charge in [0.15, 0.2) is 5.78 Å². The molecular formula is C18H28N2O. The molecule has 21 heavy (non-hydrogen) atoms. The van der Waals surface area contributed by atoms with Crippen molar-refractivity contribution in [1.29, 1.82) is 0 Å². The van der Waals surface area contributed by atoms with Gasteiger partial charge in [0, 0.05) is 19.0 Å². The molecule has 1 aromatic carbocycles. The number of ketones is 1. The molecule has 0 N–H and O–H groups in total. The van der Waals surface area contributed by atoms with Gasteiger partial charge in [-0.1, -0.05) is 24.3 Å². The van der Waals surface area contributed by atoms with Crippen molar-refractivity contribution in [2.75, 3.05) is 41.3 Å². The Morgan fingerprint density at radius 3 is 2.10 bits per heavy atom. The molecule has 0 amide bonds. The molecule has 0 saturated carbocycles. The number of allylic oxidation sites excluding steroid dienone is 1. The van der Waals surface area contributed by atoms with E-state index in [1.165, 1.54) is 11.1 Å². The predicted molar refractivity (Wildman–Crippen MR) is 90.6 cm³/mol. The van der Waals surface area contributed by atoms with E-state index in [1.54, 1.807) is 6.08 Å². The highest BCUT2D eigenvalue weighted by Gasteiger charge is 2.17. The molecule has 0 aliphatic rings. The number of carbonyl (C=O) groups excluding carboxylic acids is 1. The first-order chi connectivity index (χ1) is 9.79. The summed E-state index contributed by atoms with van der Waals surface area (Å²) in [5.74, 6) is 0.202. The Hall–Kier alpha value is -1.45. The quantitative estimate of drug-likeness (QED) is 0.721. The van der Waals surface area contributed by atoms with Crippen molar-refractivity contribution in [2.45, 2.75) is 13.8 Å². The van der Waals surface area contributed by atoms with Crippen molar-refractivity contribution in [3.8, 4) is 0 Å². The molecular weight excluding hydrogens is 260 g/mol. The Kier molecular flexibility index (Phi) is 6.79. The highest BCUT2D eigenvalue weighted by Crippen LogP contribution is 2.12. The van der Waals surface area contributed by atoms with Crippen molar-refractivity contribution in [3.05, 3.63) is 41.0 Å². The third kappa shape index (κ3) is 6.23. The number of rotatable bonds is 7. The average molecular weight is 288 g/mol. The number of nitrogens with zero attached hydrogens (tertiary/aromatic N) is 2. The normalized spacial score (nSPS) is 12.0. The summed E-state index contributed by atoms with van der Waals surface area (Å²) in [6, 6.07) is 6.27. The standard InChI is InChI=1S/C18H28N2O/c1-14-7-8-16(11-15(14)2)9-10-18(21)17(12-19(3)4)13-20(5)6/h7-11,17H,12-13H2,1-6H3/b10-9-. The van der Waals surface area contributed by atoms with E-state index in [0.29, 0.717) is 0 Å². The summed E-state index contributed by atoms with van der Waals surface area (Å²) in [6.45, 7) is 5.73. The van der Waals surface area contributed by atoms with Crippen LogP contribution in [-0.4, -0.2) is 56.9 Å². The van der Waals surface area contributed by atoms with Crippen molar-refractivity contribution < 1.29 is 4.79 Å². The maximum absolute atomic E-state index is 12.4. The molecule has 116 valence electrons. The Morgan fingerprint density at radius 2 is 1.62 bits per heavy atom. The van der Waals surface area contributed by atoms with Crippen LogP contribution < -0.4 is 0 Å². The van der Waals surface area contributed by atoms with Crippen LogP contribution in [0.1, 0.15) is 16.7 Å². The fourth-order valence-corrected chi connectivity index (χ4v) is 2.30. The van der Waals surface area contributed by atoms with Crippen LogP contribution in [0.4, 0.5) is 0 Å². The van der Waals surface area contributed by atoms with Gasteiger partial charge in [-0.2, -0.15) is 0 Å². The fourth-order valence-electron chi connectivity index (χ4n) is 2.30. The summed E-state index contributed by atoms with van der Waals surface area (Å²) in [5.41, 5.74) is 3.61. The van der Waals surface area contributed by atoms with Crippen LogP contribution in [0.5, 0.6) is 0 Å². The summed E-state index contributed by atoms with van der Waals surface area (Å²) in [5, 5.41) is 0. The van der Waals surface area contributed by atoms with Gasteiger partial charge in [-0.3, -0.25) is 4.79 Å². The fraction of sp³-hybridized carbons (Fsp3) is 0.500. The zero-order valence-corrected chi connectivity index (χ0v) is 14.2. The van der Waals surface area contributed by atoms with Crippen LogP contribution in [0, 0.1) is 19.8 Å². The Bertz CT molecular complexity index is 494. The molecule has 0 aliphatic carbocycles. The highest BCUT2D eigenvalue weighted by atomic mass is 16.1. The minimum Gasteiger partial charge on any atom is -0.309 e. The van der Waals surface area contributed by atoms with Crippen LogP contribution in [-0.2, 0) is 4.79 Å². The zero-order valence-electron chi connectivity index (χ0n) is 14.2. The molecule has 0 bridgehead atoms. The van der Waals surface area contributed by atoms with Crippen molar-refractivity contribution in [3.63, 3.8) is 0 Å². The van der Waals surface area contributed by atoms with E-state index in [-0.39, 0.29) is 11.7 Å². The number of benzene rings is 1. The summed E-state index contributed by atoms with van der Waals surface area (Å²) in [6.07, 6.45) is 3.65. The number of hydrogen-bond donors (Lipinski definition) is 0. The van der Waals surface area contributed by atoms with E-state index in [2.05, 4.69) is 41.8 Å². The van der Waals surface area contributed by atoms with Crippen LogP contribution >= 0.6 is 0 Å². The van der Waals surface area contributed by atoms with E-state index >= 15 is 0 Å². The summed E-state index contributed by atoms with van der Waals surface area (Å²) < 4.78 is 0. The molecule has 0 unspecified atom stereocenters. The summed E-state index contributed by atoms with van der Waals surface area (Å²) in [4.78, 5) is 16.5. The molecule has 3 nitrogen and oxygen atoms in total. The van der Waals surface area contributed by atoms with Crippen LogP contribution in [0.15, 0.2) is 24.3 Å². The lowest BCUT2D eigenvalue weighted by Crippen LogP contribution is -2.34.